The van der Waals surface area contributed by atoms with Gasteiger partial charge in [-0.15, -0.1) is 0 Å². The summed E-state index contributed by atoms with van der Waals surface area (Å²) < 4.78 is 21.5. The number of aryl methyl sites for hydroxylation is 1. The molecule has 0 amide bonds. The van der Waals surface area contributed by atoms with Crippen molar-refractivity contribution in [2.45, 2.75) is 45.8 Å². The molecule has 11 heteroatoms. The number of hydrogen-bond donors (Lipinski definition) is 2. The van der Waals surface area contributed by atoms with E-state index in [0.29, 0.717) is 26.2 Å². The lowest BCUT2D eigenvalue weighted by Gasteiger charge is -2.37. The number of benzene rings is 3. The third kappa shape index (κ3) is 9.48. The maximum Gasteiger partial charge on any atom is 0.350 e. The Morgan fingerprint density at radius 3 is 2.08 bits per heavy atom. The topological polar surface area (TPSA) is 126 Å². The van der Waals surface area contributed by atoms with Crippen LogP contribution in [0.1, 0.15) is 38.3 Å². The predicted molar refractivity (Wildman–Crippen MR) is 196 cm³/mol. The van der Waals surface area contributed by atoms with Crippen molar-refractivity contribution in [3.05, 3.63) is 119 Å². The van der Waals surface area contributed by atoms with Crippen LogP contribution in [0, 0.1) is 6.92 Å². The molecule has 0 saturated carbocycles. The molecule has 3 aromatic carbocycles. The Labute approximate surface area is 289 Å². The third-order valence-corrected chi connectivity index (χ3v) is 8.81. The van der Waals surface area contributed by atoms with Crippen molar-refractivity contribution in [3.8, 4) is 17.2 Å². The lowest BCUT2D eigenvalue weighted by atomic mass is 10.2. The fourth-order valence-corrected chi connectivity index (χ4v) is 5.69. The summed E-state index contributed by atoms with van der Waals surface area (Å²) in [5.74, 6) is 1.57. The number of rotatable bonds is 16. The minimum atomic E-state index is -0.286. The molecule has 2 heterocycles. The molecule has 0 aliphatic carbocycles. The lowest BCUT2D eigenvalue weighted by Crippen LogP contribution is -2.46. The van der Waals surface area contributed by atoms with E-state index in [0.717, 1.165) is 72.3 Å². The molecule has 0 radical (unpaired) electrons. The normalized spacial score (nSPS) is 15.0. The van der Waals surface area contributed by atoms with Gasteiger partial charge in [0.05, 0.1) is 18.3 Å². The fraction of sp³-hybridized carbons (Fsp3) is 0.368. The van der Waals surface area contributed by atoms with E-state index in [1.165, 1.54) is 12.4 Å². The molecule has 2 atom stereocenters. The SMILES string of the molecule is CCC(C)n1ncn(-c2ccc(N3CCN(c4ccc(OC[C@H](COc5cccc(C)c5)OCCC(/C=C\N)=C/N)cc4)CC3)cc2)c1=O. The smallest absolute Gasteiger partial charge is 0.350 e. The molecule has 11 nitrogen and oxygen atoms in total. The van der Waals surface area contributed by atoms with Crippen LogP contribution < -0.4 is 36.4 Å². The summed E-state index contributed by atoms with van der Waals surface area (Å²) >= 11 is 0. The van der Waals surface area contributed by atoms with Crippen molar-refractivity contribution < 1.29 is 14.2 Å². The van der Waals surface area contributed by atoms with Gasteiger partial charge in [-0.2, -0.15) is 5.10 Å². The van der Waals surface area contributed by atoms with Gasteiger partial charge in [-0.05, 0) is 117 Å². The Bertz CT molecular complexity index is 1720. The highest BCUT2D eigenvalue weighted by Crippen LogP contribution is 2.24. The first kappa shape index (κ1) is 35.2. The van der Waals surface area contributed by atoms with Crippen molar-refractivity contribution >= 4 is 11.4 Å². The molecule has 4 aromatic rings. The predicted octanol–water partition coefficient (Wildman–Crippen LogP) is 5.19. The maximum absolute atomic E-state index is 12.8. The first-order valence-corrected chi connectivity index (χ1v) is 17.0. The summed E-state index contributed by atoms with van der Waals surface area (Å²) in [6, 6.07) is 24.4. The van der Waals surface area contributed by atoms with E-state index in [9.17, 15) is 4.79 Å². The Morgan fingerprint density at radius 1 is 0.878 bits per heavy atom. The summed E-state index contributed by atoms with van der Waals surface area (Å²) in [6.45, 7) is 10.8. The van der Waals surface area contributed by atoms with Gasteiger partial charge in [0.15, 0.2) is 0 Å². The largest absolute Gasteiger partial charge is 0.491 e. The molecule has 1 saturated heterocycles. The van der Waals surface area contributed by atoms with E-state index < -0.39 is 0 Å². The molecule has 1 aliphatic heterocycles. The van der Waals surface area contributed by atoms with Crippen LogP contribution in [0.15, 0.2) is 108 Å². The van der Waals surface area contributed by atoms with Crippen LogP contribution >= 0.6 is 0 Å². The molecule has 49 heavy (non-hydrogen) atoms. The minimum Gasteiger partial charge on any atom is -0.491 e. The van der Waals surface area contributed by atoms with Gasteiger partial charge in [0.2, 0.25) is 0 Å². The van der Waals surface area contributed by atoms with Gasteiger partial charge >= 0.3 is 5.69 Å². The molecule has 0 spiro atoms. The second-order valence-corrected chi connectivity index (χ2v) is 12.3. The Balaban J connectivity index is 1.12. The Morgan fingerprint density at radius 2 is 1.49 bits per heavy atom. The van der Waals surface area contributed by atoms with E-state index >= 15 is 0 Å². The van der Waals surface area contributed by atoms with Crippen molar-refractivity contribution in [1.82, 2.24) is 14.3 Å². The molecular weight excluding hydrogens is 618 g/mol. The fourth-order valence-electron chi connectivity index (χ4n) is 5.69. The van der Waals surface area contributed by atoms with Crippen LogP contribution in [0.2, 0.25) is 0 Å². The first-order chi connectivity index (χ1) is 23.9. The van der Waals surface area contributed by atoms with Crippen molar-refractivity contribution in [2.24, 2.45) is 11.5 Å². The maximum atomic E-state index is 12.8. The molecule has 1 aliphatic rings. The molecule has 260 valence electrons. The summed E-state index contributed by atoms with van der Waals surface area (Å²) in [7, 11) is 0. The van der Waals surface area contributed by atoms with Crippen molar-refractivity contribution in [3.63, 3.8) is 0 Å². The van der Waals surface area contributed by atoms with Crippen LogP contribution in [-0.4, -0.2) is 66.5 Å². The molecule has 1 aromatic heterocycles. The zero-order chi connectivity index (χ0) is 34.6. The van der Waals surface area contributed by atoms with Crippen LogP contribution in [-0.2, 0) is 4.74 Å². The van der Waals surface area contributed by atoms with Gasteiger partial charge in [0.25, 0.3) is 0 Å². The summed E-state index contributed by atoms with van der Waals surface area (Å²) in [5, 5.41) is 4.30. The van der Waals surface area contributed by atoms with Gasteiger partial charge in [-0.25, -0.2) is 14.0 Å². The Hall–Kier alpha value is -5.16. The van der Waals surface area contributed by atoms with Crippen LogP contribution in [0.5, 0.6) is 11.5 Å². The second-order valence-electron chi connectivity index (χ2n) is 12.3. The van der Waals surface area contributed by atoms with Crippen LogP contribution in [0.25, 0.3) is 5.69 Å². The number of nitrogens with two attached hydrogens (primary N) is 2. The third-order valence-electron chi connectivity index (χ3n) is 8.81. The molecule has 1 fully saturated rings. The van der Waals surface area contributed by atoms with E-state index in [1.54, 1.807) is 21.7 Å². The van der Waals surface area contributed by atoms with Crippen LogP contribution in [0.4, 0.5) is 11.4 Å². The summed E-state index contributed by atoms with van der Waals surface area (Å²) in [5.41, 5.74) is 16.3. The monoisotopic (exact) mass is 667 g/mol. The number of piperazine rings is 1. The zero-order valence-electron chi connectivity index (χ0n) is 28.8. The molecule has 4 N–H and O–H groups in total. The molecule has 1 unspecified atom stereocenters. The van der Waals surface area contributed by atoms with E-state index in [4.69, 9.17) is 25.7 Å². The van der Waals surface area contributed by atoms with Gasteiger partial charge in [-0.1, -0.05) is 19.1 Å². The first-order valence-electron chi connectivity index (χ1n) is 17.0. The second kappa shape index (κ2) is 17.3. The molecular formula is C38H49N7O4. The highest BCUT2D eigenvalue weighted by molar-refractivity contribution is 5.54. The van der Waals surface area contributed by atoms with Crippen molar-refractivity contribution in [2.75, 3.05) is 55.8 Å². The highest BCUT2D eigenvalue weighted by atomic mass is 16.6. The average Bonchev–Trinajstić information content (AvgIpc) is 3.53. The van der Waals surface area contributed by atoms with E-state index in [2.05, 4.69) is 46.1 Å². The van der Waals surface area contributed by atoms with Crippen LogP contribution in [0.3, 0.4) is 0 Å². The van der Waals surface area contributed by atoms with Gasteiger partial charge in [0.1, 0.15) is 37.1 Å². The van der Waals surface area contributed by atoms with E-state index in [-0.39, 0.29) is 17.8 Å². The number of hydrogen-bond acceptors (Lipinski definition) is 9. The van der Waals surface area contributed by atoms with Gasteiger partial charge < -0.3 is 35.5 Å². The number of ether oxygens (including phenoxy) is 3. The van der Waals surface area contributed by atoms with E-state index in [1.807, 2.05) is 62.4 Å². The molecule has 0 bridgehead atoms. The number of allylic oxidation sites excluding steroid dienone is 1. The van der Waals surface area contributed by atoms with Crippen molar-refractivity contribution in [1.29, 1.82) is 0 Å². The highest BCUT2D eigenvalue weighted by Gasteiger charge is 2.19. The summed E-state index contributed by atoms with van der Waals surface area (Å²) in [4.78, 5) is 17.6. The standard InChI is InChI=1S/C38H49N7O4/c1-4-30(3)45-38(46)44(28-41-45)34-10-8-32(9-11-34)42-19-21-43(22-20-42)33-12-14-35(15-13-33)48-26-37(47-23-17-31(25-40)16-18-39)27-49-36-7-5-6-29(2)24-36/h5-16,18,24-25,28,30,37H,4,17,19-23,26-27,39-40H2,1-3H3/b18-16-,31-25+/t30?,37-/m1/s1. The average molecular weight is 668 g/mol. The Kier molecular flexibility index (Phi) is 12.4. The van der Waals surface area contributed by atoms with Gasteiger partial charge in [0, 0.05) is 37.6 Å². The lowest BCUT2D eigenvalue weighted by molar-refractivity contribution is -0.00575. The molecule has 5 rings (SSSR count). The zero-order valence-corrected chi connectivity index (χ0v) is 28.8. The summed E-state index contributed by atoms with van der Waals surface area (Å²) in [6.07, 6.45) is 7.58. The number of anilines is 2. The quantitative estimate of drug-likeness (QED) is 0.155. The number of nitrogens with zero attached hydrogens (tertiary/aromatic N) is 5. The minimum absolute atomic E-state index is 0.0680. The van der Waals surface area contributed by atoms with Gasteiger partial charge in [-0.3, -0.25) is 0 Å². The number of aromatic nitrogens is 3.